The van der Waals surface area contributed by atoms with Crippen molar-refractivity contribution in [3.8, 4) is 5.75 Å². The number of likely N-dealkylation sites (tertiary alicyclic amines) is 1. The Kier molecular flexibility index (Phi) is 5.05. The van der Waals surface area contributed by atoms with Gasteiger partial charge >= 0.3 is 0 Å². The van der Waals surface area contributed by atoms with Gasteiger partial charge in [0.15, 0.2) is 0 Å². The lowest BCUT2D eigenvalue weighted by molar-refractivity contribution is 0.0760. The number of carbonyl (C=O) groups excluding carboxylic acids is 1. The zero-order valence-corrected chi connectivity index (χ0v) is 12.8. The molecule has 0 aromatic heterocycles. The van der Waals surface area contributed by atoms with Crippen LogP contribution < -0.4 is 4.74 Å². The van der Waals surface area contributed by atoms with Crippen molar-refractivity contribution in [3.63, 3.8) is 0 Å². The van der Waals surface area contributed by atoms with Crippen molar-refractivity contribution in [1.82, 2.24) is 4.90 Å². The molecular formula is C17H25NO2. The van der Waals surface area contributed by atoms with Gasteiger partial charge in [-0.05, 0) is 62.8 Å². The molecule has 1 aromatic rings. The minimum absolute atomic E-state index is 0.158. The van der Waals surface area contributed by atoms with Crippen LogP contribution in [0.4, 0.5) is 0 Å². The summed E-state index contributed by atoms with van der Waals surface area (Å²) in [5.41, 5.74) is 1.81. The van der Waals surface area contributed by atoms with Gasteiger partial charge in [0.25, 0.3) is 5.91 Å². The average Bonchev–Trinajstić information content (AvgIpc) is 2.65. The molecule has 1 aliphatic rings. The number of carbonyl (C=O) groups is 1. The van der Waals surface area contributed by atoms with E-state index in [1.165, 1.54) is 6.42 Å². The van der Waals surface area contributed by atoms with E-state index in [-0.39, 0.29) is 5.91 Å². The van der Waals surface area contributed by atoms with Crippen molar-refractivity contribution >= 4 is 5.91 Å². The fourth-order valence-electron chi connectivity index (χ4n) is 2.75. The molecule has 1 aliphatic heterocycles. The molecule has 110 valence electrons. The molecule has 1 amide bonds. The molecule has 0 N–H and O–H groups in total. The van der Waals surface area contributed by atoms with Crippen LogP contribution in [-0.2, 0) is 0 Å². The van der Waals surface area contributed by atoms with Crippen molar-refractivity contribution < 1.29 is 9.53 Å². The summed E-state index contributed by atoms with van der Waals surface area (Å²) in [5.74, 6) is 1.76. The molecule has 0 radical (unpaired) electrons. The molecule has 0 spiro atoms. The van der Waals surface area contributed by atoms with Gasteiger partial charge in [-0.3, -0.25) is 4.79 Å². The van der Waals surface area contributed by atoms with Gasteiger partial charge in [0, 0.05) is 18.7 Å². The molecular weight excluding hydrogens is 250 g/mol. The number of nitrogens with zero attached hydrogens (tertiary/aromatic N) is 1. The molecule has 2 rings (SSSR count). The van der Waals surface area contributed by atoms with Crippen molar-refractivity contribution in [3.05, 3.63) is 29.3 Å². The number of aryl methyl sites for hydroxylation is 1. The van der Waals surface area contributed by atoms with Gasteiger partial charge in [-0.15, -0.1) is 0 Å². The summed E-state index contributed by atoms with van der Waals surface area (Å²) >= 11 is 0. The number of hydrogen-bond donors (Lipinski definition) is 0. The van der Waals surface area contributed by atoms with E-state index in [2.05, 4.69) is 6.92 Å². The molecule has 1 fully saturated rings. The Labute approximate surface area is 121 Å². The SMILES string of the molecule is CCOc1ccc(C(=O)N2CCCC(C)CC2)cc1C. The van der Waals surface area contributed by atoms with Crippen LogP contribution in [0.1, 0.15) is 49.0 Å². The van der Waals surface area contributed by atoms with Crippen molar-refractivity contribution in [2.24, 2.45) is 5.92 Å². The van der Waals surface area contributed by atoms with Gasteiger partial charge < -0.3 is 9.64 Å². The van der Waals surface area contributed by atoms with Gasteiger partial charge in [0.05, 0.1) is 6.61 Å². The second kappa shape index (κ2) is 6.78. The summed E-state index contributed by atoms with van der Waals surface area (Å²) in [5, 5.41) is 0. The smallest absolute Gasteiger partial charge is 0.253 e. The zero-order chi connectivity index (χ0) is 14.5. The number of rotatable bonds is 3. The van der Waals surface area contributed by atoms with Crippen LogP contribution in [-0.4, -0.2) is 30.5 Å². The Hall–Kier alpha value is -1.51. The summed E-state index contributed by atoms with van der Waals surface area (Å²) in [6.07, 6.45) is 3.46. The summed E-state index contributed by atoms with van der Waals surface area (Å²) in [6.45, 7) is 8.65. The van der Waals surface area contributed by atoms with E-state index in [0.29, 0.717) is 6.61 Å². The second-order valence-corrected chi connectivity index (χ2v) is 5.74. The molecule has 3 nitrogen and oxygen atoms in total. The lowest BCUT2D eigenvalue weighted by atomic mass is 10.0. The molecule has 0 bridgehead atoms. The largest absolute Gasteiger partial charge is 0.494 e. The van der Waals surface area contributed by atoms with Crippen molar-refractivity contribution in [2.75, 3.05) is 19.7 Å². The van der Waals surface area contributed by atoms with Crippen LogP contribution in [0.15, 0.2) is 18.2 Å². The van der Waals surface area contributed by atoms with E-state index in [1.807, 2.05) is 36.9 Å². The predicted molar refractivity (Wildman–Crippen MR) is 81.3 cm³/mol. The highest BCUT2D eigenvalue weighted by atomic mass is 16.5. The minimum Gasteiger partial charge on any atom is -0.494 e. The van der Waals surface area contributed by atoms with Crippen LogP contribution in [0.5, 0.6) is 5.75 Å². The summed E-state index contributed by atoms with van der Waals surface area (Å²) in [6, 6.07) is 5.74. The third-order valence-electron chi connectivity index (χ3n) is 4.03. The second-order valence-electron chi connectivity index (χ2n) is 5.74. The number of ether oxygens (including phenoxy) is 1. The number of amides is 1. The molecule has 1 atom stereocenters. The van der Waals surface area contributed by atoms with Gasteiger partial charge in [0.2, 0.25) is 0 Å². The first-order chi connectivity index (χ1) is 9.61. The number of benzene rings is 1. The third-order valence-corrected chi connectivity index (χ3v) is 4.03. The Morgan fingerprint density at radius 3 is 2.85 bits per heavy atom. The molecule has 0 saturated carbocycles. The highest BCUT2D eigenvalue weighted by Crippen LogP contribution is 2.22. The molecule has 0 aliphatic carbocycles. The van der Waals surface area contributed by atoms with E-state index in [9.17, 15) is 4.79 Å². The quantitative estimate of drug-likeness (QED) is 0.842. The van der Waals surface area contributed by atoms with E-state index >= 15 is 0 Å². The standard InChI is InChI=1S/C17H25NO2/c1-4-20-16-8-7-15(12-14(16)3)17(19)18-10-5-6-13(2)9-11-18/h7-8,12-13H,4-6,9-11H2,1-3H3. The molecule has 20 heavy (non-hydrogen) atoms. The Morgan fingerprint density at radius 2 is 2.15 bits per heavy atom. The maximum atomic E-state index is 12.6. The molecule has 1 saturated heterocycles. The molecule has 1 aromatic carbocycles. The van der Waals surface area contributed by atoms with E-state index in [4.69, 9.17) is 4.74 Å². The van der Waals surface area contributed by atoms with Crippen LogP contribution in [0.2, 0.25) is 0 Å². The predicted octanol–water partition coefficient (Wildman–Crippen LogP) is 3.66. The normalized spacial score (nSPS) is 19.6. The first kappa shape index (κ1) is 14.9. The summed E-state index contributed by atoms with van der Waals surface area (Å²) in [7, 11) is 0. The monoisotopic (exact) mass is 275 g/mol. The van der Waals surface area contributed by atoms with Gasteiger partial charge in [-0.1, -0.05) is 6.92 Å². The lowest BCUT2D eigenvalue weighted by Crippen LogP contribution is -2.32. The topological polar surface area (TPSA) is 29.5 Å². The van der Waals surface area contributed by atoms with Crippen molar-refractivity contribution in [1.29, 1.82) is 0 Å². The maximum absolute atomic E-state index is 12.6. The van der Waals surface area contributed by atoms with Crippen LogP contribution in [0, 0.1) is 12.8 Å². The highest BCUT2D eigenvalue weighted by Gasteiger charge is 2.20. The van der Waals surface area contributed by atoms with Gasteiger partial charge in [-0.2, -0.15) is 0 Å². The van der Waals surface area contributed by atoms with Crippen LogP contribution in [0.25, 0.3) is 0 Å². The van der Waals surface area contributed by atoms with Crippen molar-refractivity contribution in [2.45, 2.75) is 40.0 Å². The lowest BCUT2D eigenvalue weighted by Gasteiger charge is -2.21. The first-order valence-electron chi connectivity index (χ1n) is 7.64. The van der Waals surface area contributed by atoms with E-state index in [0.717, 1.165) is 48.7 Å². The molecule has 1 heterocycles. The molecule has 1 unspecified atom stereocenters. The van der Waals surface area contributed by atoms with Gasteiger partial charge in [-0.25, -0.2) is 0 Å². The Bertz CT molecular complexity index is 470. The van der Waals surface area contributed by atoms with E-state index in [1.54, 1.807) is 0 Å². The average molecular weight is 275 g/mol. The Balaban J connectivity index is 2.10. The fourth-order valence-corrected chi connectivity index (χ4v) is 2.75. The van der Waals surface area contributed by atoms with Crippen LogP contribution >= 0.6 is 0 Å². The first-order valence-corrected chi connectivity index (χ1v) is 7.64. The molecule has 3 heteroatoms. The van der Waals surface area contributed by atoms with Gasteiger partial charge in [0.1, 0.15) is 5.75 Å². The fraction of sp³-hybridized carbons (Fsp3) is 0.588. The summed E-state index contributed by atoms with van der Waals surface area (Å²) in [4.78, 5) is 14.6. The summed E-state index contributed by atoms with van der Waals surface area (Å²) < 4.78 is 5.53. The zero-order valence-electron chi connectivity index (χ0n) is 12.8. The van der Waals surface area contributed by atoms with Crippen LogP contribution in [0.3, 0.4) is 0 Å². The van der Waals surface area contributed by atoms with E-state index < -0.39 is 0 Å². The number of hydrogen-bond acceptors (Lipinski definition) is 2. The third kappa shape index (κ3) is 3.53. The minimum atomic E-state index is 0.158. The maximum Gasteiger partial charge on any atom is 0.253 e. The highest BCUT2D eigenvalue weighted by molar-refractivity contribution is 5.94. The Morgan fingerprint density at radius 1 is 1.35 bits per heavy atom.